The largest absolute Gasteiger partial charge is 0.395 e. The molecule has 0 amide bonds. The minimum absolute atomic E-state index is 0.114. The monoisotopic (exact) mass is 328 g/mol. The van der Waals surface area contributed by atoms with Crippen LogP contribution in [0.1, 0.15) is 6.42 Å². The van der Waals surface area contributed by atoms with E-state index < -0.39 is 0 Å². The van der Waals surface area contributed by atoms with Crippen molar-refractivity contribution >= 4 is 0 Å². The van der Waals surface area contributed by atoms with Crippen molar-refractivity contribution in [2.24, 2.45) is 23.7 Å². The molecule has 0 heterocycles. The quantitative estimate of drug-likeness (QED) is 0.344. The number of aliphatic hydroxyl groups excluding tert-OH is 4. The smallest absolute Gasteiger partial charge is 0.0558 e. The summed E-state index contributed by atoms with van der Waals surface area (Å²) in [5, 5.41) is 36.9. The van der Waals surface area contributed by atoms with Crippen LogP contribution < -0.4 is 0 Å². The first-order valence-electron chi connectivity index (χ1n) is 8.80. The normalized spacial score (nSPS) is 29.3. The lowest BCUT2D eigenvalue weighted by atomic mass is 9.82. The molecule has 4 unspecified atom stereocenters. The Labute approximate surface area is 139 Å². The van der Waals surface area contributed by atoms with Gasteiger partial charge in [0.25, 0.3) is 0 Å². The van der Waals surface area contributed by atoms with Crippen LogP contribution in [0.3, 0.4) is 0 Å². The standard InChI is InChI=1S/C17H32N2O4/c20-7-3-18(4-8-21)12-16-14-1-2-15(11-14)17(16)13-19(5-9-22)6-10-23/h1-2,14-17,20-23H,3-13H2. The molecular weight excluding hydrogens is 296 g/mol. The van der Waals surface area contributed by atoms with E-state index in [0.717, 1.165) is 13.1 Å². The SMILES string of the molecule is OCCN(CCO)CC1C2C=CC(C2)C1CN(CCO)CCO. The van der Waals surface area contributed by atoms with Crippen molar-refractivity contribution in [2.75, 3.05) is 65.7 Å². The summed E-state index contributed by atoms with van der Waals surface area (Å²) in [6.07, 6.45) is 5.84. The average Bonchev–Trinajstić information content (AvgIpc) is 3.11. The summed E-state index contributed by atoms with van der Waals surface area (Å²) in [5.74, 6) is 2.19. The molecule has 134 valence electrons. The Kier molecular flexibility index (Phi) is 7.95. The maximum Gasteiger partial charge on any atom is 0.0558 e. The van der Waals surface area contributed by atoms with Crippen molar-refractivity contribution in [1.29, 1.82) is 0 Å². The van der Waals surface area contributed by atoms with Gasteiger partial charge in [-0.3, -0.25) is 9.80 Å². The van der Waals surface area contributed by atoms with Gasteiger partial charge in [0.2, 0.25) is 0 Å². The molecule has 1 fully saturated rings. The molecule has 0 aromatic carbocycles. The zero-order valence-electron chi connectivity index (χ0n) is 13.9. The predicted octanol–water partition coefficient (Wildman–Crippen LogP) is -1.00. The van der Waals surface area contributed by atoms with Gasteiger partial charge in [-0.25, -0.2) is 0 Å². The van der Waals surface area contributed by atoms with Gasteiger partial charge in [-0.1, -0.05) is 12.2 Å². The molecule has 6 nitrogen and oxygen atoms in total. The van der Waals surface area contributed by atoms with Gasteiger partial charge in [0.1, 0.15) is 0 Å². The van der Waals surface area contributed by atoms with Crippen LogP contribution in [0.2, 0.25) is 0 Å². The van der Waals surface area contributed by atoms with Crippen molar-refractivity contribution in [2.45, 2.75) is 6.42 Å². The molecule has 0 saturated heterocycles. The molecule has 0 aromatic rings. The lowest BCUT2D eigenvalue weighted by molar-refractivity contribution is 0.0941. The van der Waals surface area contributed by atoms with E-state index in [0.29, 0.717) is 49.9 Å². The first-order valence-corrected chi connectivity index (χ1v) is 8.80. The Morgan fingerprint density at radius 1 is 0.652 bits per heavy atom. The summed E-state index contributed by atoms with van der Waals surface area (Å²) >= 11 is 0. The molecule has 2 aliphatic rings. The third kappa shape index (κ3) is 4.98. The number of aliphatic hydroxyl groups is 4. The first kappa shape index (κ1) is 18.8. The Hall–Kier alpha value is -0.500. The third-order valence-corrected chi connectivity index (χ3v) is 5.40. The van der Waals surface area contributed by atoms with Crippen LogP contribution in [-0.2, 0) is 0 Å². The summed E-state index contributed by atoms with van der Waals surface area (Å²) < 4.78 is 0. The lowest BCUT2D eigenvalue weighted by Crippen LogP contribution is -2.43. The van der Waals surface area contributed by atoms with Crippen molar-refractivity contribution < 1.29 is 20.4 Å². The van der Waals surface area contributed by atoms with Crippen LogP contribution >= 0.6 is 0 Å². The molecule has 0 spiro atoms. The number of rotatable bonds is 12. The van der Waals surface area contributed by atoms with E-state index in [1.54, 1.807) is 0 Å². The van der Waals surface area contributed by atoms with Crippen LogP contribution in [-0.4, -0.2) is 95.9 Å². The number of fused-ring (bicyclic) bond motifs is 2. The zero-order valence-corrected chi connectivity index (χ0v) is 13.9. The zero-order chi connectivity index (χ0) is 16.7. The summed E-state index contributed by atoms with van der Waals surface area (Å²) in [5.41, 5.74) is 0. The number of nitrogens with zero attached hydrogens (tertiary/aromatic N) is 2. The van der Waals surface area contributed by atoms with Gasteiger partial charge in [-0.2, -0.15) is 0 Å². The third-order valence-electron chi connectivity index (χ3n) is 5.40. The van der Waals surface area contributed by atoms with E-state index in [-0.39, 0.29) is 26.4 Å². The van der Waals surface area contributed by atoms with Crippen molar-refractivity contribution in [3.63, 3.8) is 0 Å². The molecule has 1 saturated carbocycles. The van der Waals surface area contributed by atoms with E-state index in [1.165, 1.54) is 6.42 Å². The first-order chi connectivity index (χ1) is 11.2. The Bertz CT molecular complexity index is 323. The molecule has 4 N–H and O–H groups in total. The second-order valence-corrected chi connectivity index (χ2v) is 6.77. The molecule has 2 aliphatic carbocycles. The predicted molar refractivity (Wildman–Crippen MR) is 88.9 cm³/mol. The van der Waals surface area contributed by atoms with E-state index in [9.17, 15) is 20.4 Å². The molecule has 0 radical (unpaired) electrons. The van der Waals surface area contributed by atoms with E-state index in [2.05, 4.69) is 22.0 Å². The maximum atomic E-state index is 9.22. The van der Waals surface area contributed by atoms with Gasteiger partial charge in [0.05, 0.1) is 26.4 Å². The van der Waals surface area contributed by atoms with Gasteiger partial charge in [-0.05, 0) is 30.1 Å². The Morgan fingerprint density at radius 2 is 1.00 bits per heavy atom. The highest BCUT2D eigenvalue weighted by Crippen LogP contribution is 2.48. The highest BCUT2D eigenvalue weighted by molar-refractivity contribution is 5.14. The fourth-order valence-electron chi connectivity index (χ4n) is 4.32. The maximum absolute atomic E-state index is 9.22. The summed E-state index contributed by atoms with van der Waals surface area (Å²) in [6.45, 7) is 4.64. The van der Waals surface area contributed by atoms with E-state index >= 15 is 0 Å². The van der Waals surface area contributed by atoms with E-state index in [1.807, 2.05) is 0 Å². The topological polar surface area (TPSA) is 87.4 Å². The fraction of sp³-hybridized carbons (Fsp3) is 0.882. The summed E-state index contributed by atoms with van der Waals surface area (Å²) in [4.78, 5) is 4.29. The van der Waals surface area contributed by atoms with Gasteiger partial charge >= 0.3 is 0 Å². The molecule has 23 heavy (non-hydrogen) atoms. The molecule has 0 aromatic heterocycles. The fourth-order valence-corrected chi connectivity index (χ4v) is 4.32. The van der Waals surface area contributed by atoms with Crippen LogP contribution in [0.15, 0.2) is 12.2 Å². The summed E-state index contributed by atoms with van der Waals surface area (Å²) in [6, 6.07) is 0. The Morgan fingerprint density at radius 3 is 1.30 bits per heavy atom. The Balaban J connectivity index is 1.99. The lowest BCUT2D eigenvalue weighted by Gasteiger charge is -2.35. The van der Waals surface area contributed by atoms with Crippen molar-refractivity contribution in [1.82, 2.24) is 9.80 Å². The molecule has 2 bridgehead atoms. The molecular formula is C17H32N2O4. The molecule has 4 atom stereocenters. The minimum atomic E-state index is 0.114. The van der Waals surface area contributed by atoms with Gasteiger partial charge in [0, 0.05) is 39.3 Å². The minimum Gasteiger partial charge on any atom is -0.395 e. The van der Waals surface area contributed by atoms with Gasteiger partial charge in [0.15, 0.2) is 0 Å². The van der Waals surface area contributed by atoms with E-state index in [4.69, 9.17) is 0 Å². The second-order valence-electron chi connectivity index (χ2n) is 6.77. The summed E-state index contributed by atoms with van der Waals surface area (Å²) in [7, 11) is 0. The molecule has 0 aliphatic heterocycles. The number of hydrogen-bond acceptors (Lipinski definition) is 6. The molecule has 2 rings (SSSR count). The molecule has 6 heteroatoms. The van der Waals surface area contributed by atoms with Crippen LogP contribution in [0.4, 0.5) is 0 Å². The van der Waals surface area contributed by atoms with Crippen molar-refractivity contribution in [3.05, 3.63) is 12.2 Å². The van der Waals surface area contributed by atoms with Crippen molar-refractivity contribution in [3.8, 4) is 0 Å². The highest BCUT2D eigenvalue weighted by atomic mass is 16.3. The van der Waals surface area contributed by atoms with Gasteiger partial charge < -0.3 is 20.4 Å². The highest BCUT2D eigenvalue weighted by Gasteiger charge is 2.45. The second kappa shape index (κ2) is 9.71. The number of allylic oxidation sites excluding steroid dienone is 2. The van der Waals surface area contributed by atoms with Gasteiger partial charge in [-0.15, -0.1) is 0 Å². The van der Waals surface area contributed by atoms with Crippen LogP contribution in [0.5, 0.6) is 0 Å². The average molecular weight is 328 g/mol. The van der Waals surface area contributed by atoms with Crippen LogP contribution in [0, 0.1) is 23.7 Å². The van der Waals surface area contributed by atoms with Crippen LogP contribution in [0.25, 0.3) is 0 Å². The number of hydrogen-bond donors (Lipinski definition) is 4.